The van der Waals surface area contributed by atoms with E-state index in [1.54, 1.807) is 0 Å². The number of aliphatic hydroxyl groups is 1. The number of fused-ring (bicyclic) bond motifs is 1. The van der Waals surface area contributed by atoms with E-state index in [1.165, 1.54) is 11.1 Å². The van der Waals surface area contributed by atoms with Crippen LogP contribution in [0.2, 0.25) is 0 Å². The Kier molecular flexibility index (Phi) is 5.08. The van der Waals surface area contributed by atoms with Gasteiger partial charge in [-0.05, 0) is 30.4 Å². The lowest BCUT2D eigenvalue weighted by Gasteiger charge is -2.28. The molecule has 5 heteroatoms. The number of rotatable bonds is 7. The van der Waals surface area contributed by atoms with Crippen molar-refractivity contribution >= 4 is 0 Å². The van der Waals surface area contributed by atoms with Crippen LogP contribution in [0, 0.1) is 0 Å². The molecular formula is C18H25N3O2. The molecule has 124 valence electrons. The normalized spacial score (nSPS) is 17.2. The molecule has 1 unspecified atom stereocenters. The highest BCUT2D eigenvalue weighted by atomic mass is 16.5. The first-order valence-corrected chi connectivity index (χ1v) is 8.44. The SMILES string of the molecule is CC(C)c1nc(CN(CCCO)C2CCc3ccccc32)no1. The maximum atomic E-state index is 9.22. The lowest BCUT2D eigenvalue weighted by Crippen LogP contribution is -2.29. The fourth-order valence-electron chi connectivity index (χ4n) is 3.28. The van der Waals surface area contributed by atoms with Crippen molar-refractivity contribution in [3.8, 4) is 0 Å². The van der Waals surface area contributed by atoms with E-state index in [0.29, 0.717) is 18.5 Å². The van der Waals surface area contributed by atoms with Crippen molar-refractivity contribution in [1.82, 2.24) is 15.0 Å². The minimum Gasteiger partial charge on any atom is -0.396 e. The van der Waals surface area contributed by atoms with Crippen molar-refractivity contribution in [2.45, 2.75) is 51.6 Å². The molecule has 0 amide bonds. The number of aliphatic hydroxyl groups excluding tert-OH is 1. The molecule has 0 radical (unpaired) electrons. The summed E-state index contributed by atoms with van der Waals surface area (Å²) in [7, 11) is 0. The largest absolute Gasteiger partial charge is 0.396 e. The summed E-state index contributed by atoms with van der Waals surface area (Å²) >= 11 is 0. The van der Waals surface area contributed by atoms with Gasteiger partial charge >= 0.3 is 0 Å². The van der Waals surface area contributed by atoms with Crippen molar-refractivity contribution in [3.63, 3.8) is 0 Å². The number of aryl methyl sites for hydroxylation is 1. The third-order valence-electron chi connectivity index (χ3n) is 4.47. The number of nitrogens with zero attached hydrogens (tertiary/aromatic N) is 3. The van der Waals surface area contributed by atoms with Gasteiger partial charge in [0.15, 0.2) is 5.82 Å². The van der Waals surface area contributed by atoms with Crippen molar-refractivity contribution in [2.75, 3.05) is 13.2 Å². The van der Waals surface area contributed by atoms with Crippen LogP contribution in [0.25, 0.3) is 0 Å². The van der Waals surface area contributed by atoms with Crippen molar-refractivity contribution < 1.29 is 9.63 Å². The van der Waals surface area contributed by atoms with E-state index in [2.05, 4.69) is 39.3 Å². The van der Waals surface area contributed by atoms with Crippen LogP contribution in [0.15, 0.2) is 28.8 Å². The lowest BCUT2D eigenvalue weighted by atomic mass is 10.1. The van der Waals surface area contributed by atoms with E-state index in [-0.39, 0.29) is 12.5 Å². The van der Waals surface area contributed by atoms with E-state index in [9.17, 15) is 5.11 Å². The molecule has 5 nitrogen and oxygen atoms in total. The molecule has 3 rings (SSSR count). The zero-order valence-corrected chi connectivity index (χ0v) is 13.9. The molecule has 0 saturated carbocycles. The van der Waals surface area contributed by atoms with Crippen molar-refractivity contribution in [1.29, 1.82) is 0 Å². The highest BCUT2D eigenvalue weighted by Gasteiger charge is 2.28. The minimum absolute atomic E-state index is 0.203. The third-order valence-corrected chi connectivity index (χ3v) is 4.47. The fourth-order valence-corrected chi connectivity index (χ4v) is 3.28. The van der Waals surface area contributed by atoms with Crippen LogP contribution < -0.4 is 0 Å². The van der Waals surface area contributed by atoms with Gasteiger partial charge in [0.25, 0.3) is 0 Å². The minimum atomic E-state index is 0.203. The summed E-state index contributed by atoms with van der Waals surface area (Å²) in [5.74, 6) is 1.67. The third kappa shape index (κ3) is 3.62. The Labute approximate surface area is 137 Å². The Morgan fingerprint density at radius 1 is 1.35 bits per heavy atom. The van der Waals surface area contributed by atoms with Gasteiger partial charge < -0.3 is 9.63 Å². The molecule has 0 bridgehead atoms. The Morgan fingerprint density at radius 3 is 2.91 bits per heavy atom. The van der Waals surface area contributed by atoms with E-state index < -0.39 is 0 Å². The second-order valence-corrected chi connectivity index (χ2v) is 6.50. The Balaban J connectivity index is 1.78. The Hall–Kier alpha value is -1.72. The molecule has 2 aromatic rings. The first-order valence-electron chi connectivity index (χ1n) is 8.44. The van der Waals surface area contributed by atoms with Gasteiger partial charge in [0.2, 0.25) is 5.89 Å². The lowest BCUT2D eigenvalue weighted by molar-refractivity contribution is 0.160. The topological polar surface area (TPSA) is 62.4 Å². The maximum absolute atomic E-state index is 9.22. The molecule has 1 aromatic carbocycles. The fraction of sp³-hybridized carbons (Fsp3) is 0.556. The van der Waals surface area contributed by atoms with Crippen LogP contribution in [0.4, 0.5) is 0 Å². The van der Waals surface area contributed by atoms with Crippen LogP contribution in [-0.2, 0) is 13.0 Å². The molecule has 1 heterocycles. The van der Waals surface area contributed by atoms with Gasteiger partial charge in [-0.1, -0.05) is 43.3 Å². The molecule has 0 aliphatic heterocycles. The van der Waals surface area contributed by atoms with E-state index in [0.717, 1.165) is 31.6 Å². The second-order valence-electron chi connectivity index (χ2n) is 6.50. The van der Waals surface area contributed by atoms with Crippen LogP contribution >= 0.6 is 0 Å². The number of benzene rings is 1. The molecule has 0 spiro atoms. The zero-order chi connectivity index (χ0) is 16.2. The summed E-state index contributed by atoms with van der Waals surface area (Å²) in [6.45, 7) is 5.80. The smallest absolute Gasteiger partial charge is 0.229 e. The number of hydrogen-bond donors (Lipinski definition) is 1. The van der Waals surface area contributed by atoms with Crippen LogP contribution in [-0.4, -0.2) is 33.3 Å². The molecule has 1 aromatic heterocycles. The van der Waals surface area contributed by atoms with Gasteiger partial charge in [-0.15, -0.1) is 0 Å². The van der Waals surface area contributed by atoms with Crippen LogP contribution in [0.3, 0.4) is 0 Å². The first kappa shape index (κ1) is 16.1. The molecular weight excluding hydrogens is 290 g/mol. The van der Waals surface area contributed by atoms with Crippen molar-refractivity contribution in [3.05, 3.63) is 47.1 Å². The van der Waals surface area contributed by atoms with Gasteiger partial charge in [0.1, 0.15) is 0 Å². The van der Waals surface area contributed by atoms with E-state index >= 15 is 0 Å². The molecule has 1 atom stereocenters. The summed E-state index contributed by atoms with van der Waals surface area (Å²) < 4.78 is 5.33. The summed E-state index contributed by atoms with van der Waals surface area (Å²) in [4.78, 5) is 6.88. The summed E-state index contributed by atoms with van der Waals surface area (Å²) in [5.41, 5.74) is 2.83. The highest BCUT2D eigenvalue weighted by Crippen LogP contribution is 2.36. The molecule has 23 heavy (non-hydrogen) atoms. The van der Waals surface area contributed by atoms with Gasteiger partial charge in [-0.3, -0.25) is 4.90 Å². The number of aromatic nitrogens is 2. The molecule has 1 aliphatic rings. The zero-order valence-electron chi connectivity index (χ0n) is 13.9. The van der Waals surface area contributed by atoms with Gasteiger partial charge in [0, 0.05) is 25.1 Å². The summed E-state index contributed by atoms with van der Waals surface area (Å²) in [5, 5.41) is 13.3. The van der Waals surface area contributed by atoms with E-state index in [1.807, 2.05) is 13.8 Å². The van der Waals surface area contributed by atoms with Crippen LogP contribution in [0.5, 0.6) is 0 Å². The standard InChI is InChI=1S/C18H25N3O2/c1-13(2)18-19-17(20-23-18)12-21(10-5-11-22)16-9-8-14-6-3-4-7-15(14)16/h3-4,6-7,13,16,22H,5,8-12H2,1-2H3. The van der Waals surface area contributed by atoms with Gasteiger partial charge in [-0.25, -0.2) is 0 Å². The van der Waals surface area contributed by atoms with Gasteiger partial charge in [0.05, 0.1) is 6.54 Å². The molecule has 1 aliphatic carbocycles. The quantitative estimate of drug-likeness (QED) is 0.851. The average molecular weight is 315 g/mol. The maximum Gasteiger partial charge on any atom is 0.229 e. The predicted molar refractivity (Wildman–Crippen MR) is 88.0 cm³/mol. The van der Waals surface area contributed by atoms with Gasteiger partial charge in [-0.2, -0.15) is 4.98 Å². The highest BCUT2D eigenvalue weighted by molar-refractivity contribution is 5.34. The average Bonchev–Trinajstić information content (AvgIpc) is 3.18. The predicted octanol–water partition coefficient (Wildman–Crippen LogP) is 3.06. The molecule has 0 saturated heterocycles. The Morgan fingerprint density at radius 2 is 2.17 bits per heavy atom. The van der Waals surface area contributed by atoms with E-state index in [4.69, 9.17) is 4.52 Å². The first-order chi connectivity index (χ1) is 11.2. The second kappa shape index (κ2) is 7.23. The molecule has 0 fully saturated rings. The summed E-state index contributed by atoms with van der Waals surface area (Å²) in [6.07, 6.45) is 2.98. The number of hydrogen-bond acceptors (Lipinski definition) is 5. The molecule has 1 N–H and O–H groups in total. The Bertz CT molecular complexity index is 639. The van der Waals surface area contributed by atoms with Crippen LogP contribution in [0.1, 0.15) is 61.5 Å². The monoisotopic (exact) mass is 315 g/mol. The van der Waals surface area contributed by atoms with Crippen molar-refractivity contribution in [2.24, 2.45) is 0 Å². The summed E-state index contributed by atoms with van der Waals surface area (Å²) in [6, 6.07) is 9.01.